The minimum absolute atomic E-state index is 0.0434. The van der Waals surface area contributed by atoms with Crippen LogP contribution in [-0.4, -0.2) is 18.6 Å². The van der Waals surface area contributed by atoms with Gasteiger partial charge in [-0.25, -0.2) is 5.10 Å². The fourth-order valence-electron chi connectivity index (χ4n) is 1.18. The van der Waals surface area contributed by atoms with Crippen molar-refractivity contribution in [3.63, 3.8) is 0 Å². The maximum atomic E-state index is 11.9. The van der Waals surface area contributed by atoms with E-state index >= 15 is 0 Å². The van der Waals surface area contributed by atoms with Gasteiger partial charge in [0, 0.05) is 12.1 Å². The molecule has 0 saturated carbocycles. The van der Waals surface area contributed by atoms with Gasteiger partial charge in [-0.15, -0.1) is 5.10 Å². The summed E-state index contributed by atoms with van der Waals surface area (Å²) in [5, 5.41) is 5.54. The minimum atomic E-state index is -4.07. The molecule has 94 valence electrons. The van der Waals surface area contributed by atoms with Gasteiger partial charge in [-0.2, -0.15) is 8.42 Å². The van der Waals surface area contributed by atoms with E-state index in [1.54, 1.807) is 6.07 Å². The fraction of sp³-hybridized carbons (Fsp3) is 0. The Labute approximate surface area is 107 Å². The molecule has 0 saturated heterocycles. The Kier molecular flexibility index (Phi) is 3.35. The van der Waals surface area contributed by atoms with Gasteiger partial charge in [0.15, 0.2) is 0 Å². The second-order valence-electron chi connectivity index (χ2n) is 3.23. The molecule has 1 aromatic heterocycles. The van der Waals surface area contributed by atoms with Crippen molar-refractivity contribution in [1.29, 1.82) is 0 Å². The SMILES string of the molecule is O=c1ccc(OS(=O)(=O)c2ccccc2Cl)n[nH]1. The third kappa shape index (κ3) is 2.69. The van der Waals surface area contributed by atoms with Crippen molar-refractivity contribution in [2.45, 2.75) is 4.90 Å². The predicted molar refractivity (Wildman–Crippen MR) is 64.1 cm³/mol. The number of nitrogens with one attached hydrogen (secondary N) is 1. The lowest BCUT2D eigenvalue weighted by Gasteiger charge is -2.06. The molecule has 2 rings (SSSR count). The van der Waals surface area contributed by atoms with Gasteiger partial charge in [-0.3, -0.25) is 4.79 Å². The molecule has 1 heterocycles. The van der Waals surface area contributed by atoms with E-state index in [1.807, 2.05) is 0 Å². The predicted octanol–water partition coefficient (Wildman–Crippen LogP) is 1.19. The summed E-state index contributed by atoms with van der Waals surface area (Å²) in [6, 6.07) is 8.10. The first-order valence-electron chi connectivity index (χ1n) is 4.74. The van der Waals surface area contributed by atoms with E-state index in [1.165, 1.54) is 18.2 Å². The second kappa shape index (κ2) is 4.79. The van der Waals surface area contributed by atoms with Gasteiger partial charge in [-0.1, -0.05) is 23.7 Å². The fourth-order valence-corrected chi connectivity index (χ4v) is 2.56. The molecule has 0 amide bonds. The van der Waals surface area contributed by atoms with Gasteiger partial charge < -0.3 is 4.18 Å². The Bertz CT molecular complexity index is 706. The van der Waals surface area contributed by atoms with Gasteiger partial charge in [0.1, 0.15) is 4.90 Å². The molecule has 1 aromatic carbocycles. The summed E-state index contributed by atoms with van der Waals surface area (Å²) < 4.78 is 28.5. The summed E-state index contributed by atoms with van der Waals surface area (Å²) in [5.41, 5.74) is -0.461. The molecule has 18 heavy (non-hydrogen) atoms. The first kappa shape index (κ1) is 12.6. The van der Waals surface area contributed by atoms with Gasteiger partial charge in [0.25, 0.3) is 11.4 Å². The van der Waals surface area contributed by atoms with Crippen LogP contribution in [0, 0.1) is 0 Å². The van der Waals surface area contributed by atoms with Crippen LogP contribution in [-0.2, 0) is 10.1 Å². The van der Waals surface area contributed by atoms with Crippen LogP contribution in [0.4, 0.5) is 0 Å². The topological polar surface area (TPSA) is 89.1 Å². The highest BCUT2D eigenvalue weighted by molar-refractivity contribution is 7.87. The van der Waals surface area contributed by atoms with Crippen molar-refractivity contribution in [3.8, 4) is 5.88 Å². The summed E-state index contributed by atoms with van der Waals surface area (Å²) in [6.45, 7) is 0. The number of aromatic amines is 1. The van der Waals surface area contributed by atoms with Crippen molar-refractivity contribution in [2.75, 3.05) is 0 Å². The van der Waals surface area contributed by atoms with Crippen LogP contribution < -0.4 is 9.74 Å². The van der Waals surface area contributed by atoms with E-state index in [0.29, 0.717) is 0 Å². The number of halogens is 1. The van der Waals surface area contributed by atoms with E-state index in [4.69, 9.17) is 15.8 Å². The summed E-state index contributed by atoms with van der Waals surface area (Å²) in [6.07, 6.45) is 0. The van der Waals surface area contributed by atoms with E-state index < -0.39 is 15.7 Å². The van der Waals surface area contributed by atoms with Crippen LogP contribution in [0.25, 0.3) is 0 Å². The summed E-state index contributed by atoms with van der Waals surface area (Å²) >= 11 is 5.76. The molecule has 1 N–H and O–H groups in total. The Hall–Kier alpha value is -1.86. The zero-order chi connectivity index (χ0) is 13.2. The summed E-state index contributed by atoms with van der Waals surface area (Å²) in [7, 11) is -4.07. The van der Waals surface area contributed by atoms with Crippen LogP contribution in [0.1, 0.15) is 0 Å². The Morgan fingerprint density at radius 1 is 1.17 bits per heavy atom. The Morgan fingerprint density at radius 2 is 1.89 bits per heavy atom. The molecule has 0 aliphatic rings. The van der Waals surface area contributed by atoms with E-state index in [-0.39, 0.29) is 15.8 Å². The second-order valence-corrected chi connectivity index (χ2v) is 5.15. The quantitative estimate of drug-likeness (QED) is 0.856. The zero-order valence-electron chi connectivity index (χ0n) is 8.83. The summed E-state index contributed by atoms with van der Waals surface area (Å²) in [5.74, 6) is -0.241. The van der Waals surface area contributed by atoms with Crippen molar-refractivity contribution in [2.24, 2.45) is 0 Å². The lowest BCUT2D eigenvalue weighted by atomic mass is 10.4. The monoisotopic (exact) mass is 286 g/mol. The van der Waals surface area contributed by atoms with Crippen LogP contribution in [0.15, 0.2) is 46.1 Å². The molecule has 6 nitrogen and oxygen atoms in total. The molecule has 2 aromatic rings. The molecule has 0 spiro atoms. The van der Waals surface area contributed by atoms with Gasteiger partial charge in [0.05, 0.1) is 5.02 Å². The smallest absolute Gasteiger partial charge is 0.342 e. The van der Waals surface area contributed by atoms with E-state index in [0.717, 1.165) is 12.1 Å². The van der Waals surface area contributed by atoms with Crippen molar-refractivity contribution < 1.29 is 12.6 Å². The molecule has 0 bridgehead atoms. The van der Waals surface area contributed by atoms with Crippen LogP contribution in [0.3, 0.4) is 0 Å². The largest absolute Gasteiger partial charge is 0.357 e. The molecule has 0 aliphatic heterocycles. The van der Waals surface area contributed by atoms with E-state index in [9.17, 15) is 13.2 Å². The number of aromatic nitrogens is 2. The highest BCUT2D eigenvalue weighted by Gasteiger charge is 2.20. The third-order valence-electron chi connectivity index (χ3n) is 1.95. The zero-order valence-corrected chi connectivity index (χ0v) is 10.4. The number of nitrogens with zero attached hydrogens (tertiary/aromatic N) is 1. The lowest BCUT2D eigenvalue weighted by Crippen LogP contribution is -2.13. The van der Waals surface area contributed by atoms with Crippen molar-refractivity contribution >= 4 is 21.7 Å². The highest BCUT2D eigenvalue weighted by atomic mass is 35.5. The third-order valence-corrected chi connectivity index (χ3v) is 3.68. The number of hydrogen-bond donors (Lipinski definition) is 1. The van der Waals surface area contributed by atoms with Crippen LogP contribution in [0.5, 0.6) is 5.88 Å². The van der Waals surface area contributed by atoms with Crippen molar-refractivity contribution in [1.82, 2.24) is 10.2 Å². The lowest BCUT2D eigenvalue weighted by molar-refractivity contribution is 0.471. The average Bonchev–Trinajstić information content (AvgIpc) is 2.32. The normalized spacial score (nSPS) is 11.2. The molecule has 0 atom stereocenters. The molecular formula is C10H7ClN2O4S. The van der Waals surface area contributed by atoms with Crippen molar-refractivity contribution in [3.05, 3.63) is 51.8 Å². The standard InChI is InChI=1S/C10H7ClN2O4S/c11-7-3-1-2-4-8(7)18(15,16)17-10-6-5-9(14)12-13-10/h1-6H,(H,12,14). The Balaban J connectivity index is 2.36. The van der Waals surface area contributed by atoms with Crippen LogP contribution >= 0.6 is 11.6 Å². The first-order chi connectivity index (χ1) is 8.49. The molecule has 8 heteroatoms. The number of hydrogen-bond acceptors (Lipinski definition) is 5. The van der Waals surface area contributed by atoms with E-state index in [2.05, 4.69) is 10.2 Å². The van der Waals surface area contributed by atoms with Gasteiger partial charge in [-0.05, 0) is 12.1 Å². The van der Waals surface area contributed by atoms with Gasteiger partial charge >= 0.3 is 10.1 Å². The molecular weight excluding hydrogens is 280 g/mol. The number of rotatable bonds is 3. The Morgan fingerprint density at radius 3 is 2.50 bits per heavy atom. The van der Waals surface area contributed by atoms with Gasteiger partial charge in [0.2, 0.25) is 0 Å². The highest BCUT2D eigenvalue weighted by Crippen LogP contribution is 2.23. The molecule has 0 radical (unpaired) electrons. The summed E-state index contributed by atoms with van der Waals surface area (Å²) in [4.78, 5) is 10.6. The maximum absolute atomic E-state index is 11.9. The first-order valence-corrected chi connectivity index (χ1v) is 6.52. The number of benzene rings is 1. The molecule has 0 unspecified atom stereocenters. The molecule has 0 fully saturated rings. The maximum Gasteiger partial charge on any atom is 0.342 e. The van der Waals surface area contributed by atoms with Crippen LogP contribution in [0.2, 0.25) is 5.02 Å². The molecule has 0 aliphatic carbocycles. The average molecular weight is 287 g/mol. The number of H-pyrrole nitrogens is 1. The minimum Gasteiger partial charge on any atom is -0.357 e.